The van der Waals surface area contributed by atoms with E-state index in [4.69, 9.17) is 11.5 Å². The van der Waals surface area contributed by atoms with Gasteiger partial charge in [-0.1, -0.05) is 6.08 Å². The maximum atomic E-state index is 10.3. The van der Waals surface area contributed by atoms with Gasteiger partial charge < -0.3 is 11.5 Å². The van der Waals surface area contributed by atoms with Crippen molar-refractivity contribution in [3.05, 3.63) is 24.4 Å². The Hall–Kier alpha value is -1.25. The molecule has 0 heterocycles. The number of hydrogen-bond donors (Lipinski definition) is 2. The van der Waals surface area contributed by atoms with Crippen molar-refractivity contribution in [2.45, 2.75) is 6.42 Å². The van der Waals surface area contributed by atoms with Gasteiger partial charge in [0.2, 0.25) is 5.91 Å². The fourth-order valence-electron chi connectivity index (χ4n) is 0.406. The van der Waals surface area contributed by atoms with Gasteiger partial charge in [0, 0.05) is 11.8 Å². The minimum absolute atomic E-state index is 0.394. The molecule has 0 aromatic rings. The Morgan fingerprint density at radius 1 is 1.67 bits per heavy atom. The lowest BCUT2D eigenvalue weighted by molar-refractivity contribution is -0.114. The molecule has 0 atom stereocenters. The van der Waals surface area contributed by atoms with Gasteiger partial charge in [-0.15, -0.1) is 6.58 Å². The van der Waals surface area contributed by atoms with E-state index in [9.17, 15) is 4.79 Å². The second-order valence-corrected chi connectivity index (χ2v) is 1.55. The lowest BCUT2D eigenvalue weighted by atomic mass is 10.2. The van der Waals surface area contributed by atoms with E-state index in [-0.39, 0.29) is 0 Å². The number of amides is 1. The van der Waals surface area contributed by atoms with Crippen LogP contribution in [-0.4, -0.2) is 5.91 Å². The third-order valence-electron chi connectivity index (χ3n) is 0.882. The van der Waals surface area contributed by atoms with Gasteiger partial charge in [-0.2, -0.15) is 0 Å². The summed E-state index contributed by atoms with van der Waals surface area (Å²) < 4.78 is 0. The summed E-state index contributed by atoms with van der Waals surface area (Å²) in [5.41, 5.74) is 10.3. The number of carbonyl (C=O) groups excluding carboxylic acids is 1. The highest BCUT2D eigenvalue weighted by Crippen LogP contribution is 1.96. The van der Waals surface area contributed by atoms with Crippen LogP contribution in [0.25, 0.3) is 0 Å². The lowest BCUT2D eigenvalue weighted by Gasteiger charge is -1.93. The molecular weight excluding hydrogens is 116 g/mol. The first-order chi connectivity index (χ1) is 4.22. The van der Waals surface area contributed by atoms with Crippen LogP contribution < -0.4 is 11.5 Å². The molecule has 0 saturated carbocycles. The average Bonchev–Trinajstić information content (AvgIpc) is 1.82. The zero-order valence-electron chi connectivity index (χ0n) is 5.13. The summed E-state index contributed by atoms with van der Waals surface area (Å²) in [5, 5.41) is 0. The fraction of sp³-hybridized carbons (Fsp3) is 0.167. The molecule has 0 aliphatic carbocycles. The van der Waals surface area contributed by atoms with Crippen molar-refractivity contribution < 1.29 is 4.79 Å². The molecule has 3 heteroatoms. The summed E-state index contributed by atoms with van der Waals surface area (Å²) in [7, 11) is 0. The number of allylic oxidation sites excluding steroid dienone is 1. The average molecular weight is 126 g/mol. The van der Waals surface area contributed by atoms with Gasteiger partial charge in [0.25, 0.3) is 0 Å². The van der Waals surface area contributed by atoms with Crippen LogP contribution in [0.15, 0.2) is 24.4 Å². The summed E-state index contributed by atoms with van der Waals surface area (Å²) in [6.07, 6.45) is 3.21. The maximum absolute atomic E-state index is 10.3. The second-order valence-electron chi connectivity index (χ2n) is 1.55. The van der Waals surface area contributed by atoms with Crippen LogP contribution in [-0.2, 0) is 4.79 Å². The summed E-state index contributed by atoms with van der Waals surface area (Å²) >= 11 is 0. The van der Waals surface area contributed by atoms with Crippen molar-refractivity contribution in [1.29, 1.82) is 0 Å². The maximum Gasteiger partial charge on any atom is 0.246 e. The number of rotatable bonds is 3. The molecule has 0 aliphatic heterocycles. The number of primary amides is 1. The van der Waals surface area contributed by atoms with Crippen LogP contribution in [0, 0.1) is 0 Å². The van der Waals surface area contributed by atoms with E-state index in [2.05, 4.69) is 6.58 Å². The van der Waals surface area contributed by atoms with Crippen LogP contribution in [0.2, 0.25) is 0 Å². The van der Waals surface area contributed by atoms with Gasteiger partial charge in [0.1, 0.15) is 0 Å². The van der Waals surface area contributed by atoms with Gasteiger partial charge in [0.05, 0.1) is 0 Å². The fourth-order valence-corrected chi connectivity index (χ4v) is 0.406. The molecule has 0 aromatic carbocycles. The van der Waals surface area contributed by atoms with Gasteiger partial charge in [-0.25, -0.2) is 0 Å². The van der Waals surface area contributed by atoms with E-state index in [0.29, 0.717) is 12.0 Å². The summed E-state index contributed by atoms with van der Waals surface area (Å²) in [4.78, 5) is 10.3. The Bertz CT molecular complexity index is 149. The summed E-state index contributed by atoms with van der Waals surface area (Å²) in [6, 6.07) is 0. The Morgan fingerprint density at radius 3 is 2.33 bits per heavy atom. The molecule has 0 spiro atoms. The Labute approximate surface area is 54.0 Å². The van der Waals surface area contributed by atoms with E-state index in [1.807, 2.05) is 0 Å². The van der Waals surface area contributed by atoms with Gasteiger partial charge in [-0.3, -0.25) is 4.79 Å². The first-order valence-electron chi connectivity index (χ1n) is 2.53. The molecule has 0 fully saturated rings. The molecule has 3 nitrogen and oxygen atoms in total. The molecule has 50 valence electrons. The zero-order valence-corrected chi connectivity index (χ0v) is 5.13. The molecule has 4 N–H and O–H groups in total. The predicted molar refractivity (Wildman–Crippen MR) is 36.3 cm³/mol. The molecule has 0 radical (unpaired) electrons. The topological polar surface area (TPSA) is 69.1 Å². The molecule has 0 bridgehead atoms. The quantitative estimate of drug-likeness (QED) is 0.409. The van der Waals surface area contributed by atoms with Gasteiger partial charge >= 0.3 is 0 Å². The van der Waals surface area contributed by atoms with E-state index >= 15 is 0 Å². The highest BCUT2D eigenvalue weighted by atomic mass is 16.1. The summed E-state index contributed by atoms with van der Waals surface area (Å²) in [5.74, 6) is -0.489. The molecule has 1 amide bonds. The SMILES string of the molecule is C=CCC(=CN)C(N)=O. The number of nitrogens with two attached hydrogens (primary N) is 2. The minimum atomic E-state index is -0.489. The molecule has 0 unspecified atom stereocenters. The van der Waals surface area contributed by atoms with Crippen LogP contribution in [0.5, 0.6) is 0 Å². The Kier molecular flexibility index (Phi) is 3.20. The van der Waals surface area contributed by atoms with Gasteiger partial charge in [-0.05, 0) is 6.42 Å². The monoisotopic (exact) mass is 126 g/mol. The van der Waals surface area contributed by atoms with Crippen molar-refractivity contribution >= 4 is 5.91 Å². The smallest absolute Gasteiger partial charge is 0.246 e. The van der Waals surface area contributed by atoms with Crippen LogP contribution in [0.1, 0.15) is 6.42 Å². The van der Waals surface area contributed by atoms with Gasteiger partial charge in [0.15, 0.2) is 0 Å². The molecule has 0 rings (SSSR count). The third kappa shape index (κ3) is 2.54. The number of hydrogen-bond acceptors (Lipinski definition) is 2. The first-order valence-corrected chi connectivity index (χ1v) is 2.53. The zero-order chi connectivity index (χ0) is 7.28. The molecular formula is C6H10N2O. The molecule has 9 heavy (non-hydrogen) atoms. The normalized spacial score (nSPS) is 10.9. The van der Waals surface area contributed by atoms with Crippen molar-refractivity contribution in [1.82, 2.24) is 0 Å². The van der Waals surface area contributed by atoms with Crippen molar-refractivity contribution in [2.24, 2.45) is 11.5 Å². The molecule has 0 aliphatic rings. The van der Waals surface area contributed by atoms with Crippen molar-refractivity contribution in [2.75, 3.05) is 0 Å². The van der Waals surface area contributed by atoms with Crippen LogP contribution in [0.3, 0.4) is 0 Å². The van der Waals surface area contributed by atoms with E-state index in [1.165, 1.54) is 6.20 Å². The standard InChI is InChI=1S/C6H10N2O/c1-2-3-5(4-7)6(8)9/h2,4H,1,3,7H2,(H2,8,9). The Morgan fingerprint density at radius 2 is 2.22 bits per heavy atom. The van der Waals surface area contributed by atoms with Crippen molar-refractivity contribution in [3.8, 4) is 0 Å². The molecule has 0 saturated heterocycles. The van der Waals surface area contributed by atoms with E-state index in [1.54, 1.807) is 6.08 Å². The van der Waals surface area contributed by atoms with Crippen molar-refractivity contribution in [3.63, 3.8) is 0 Å². The highest BCUT2D eigenvalue weighted by molar-refractivity contribution is 5.91. The van der Waals surface area contributed by atoms with Crippen LogP contribution in [0.4, 0.5) is 0 Å². The lowest BCUT2D eigenvalue weighted by Crippen LogP contribution is -2.14. The first kappa shape index (κ1) is 7.75. The predicted octanol–water partition coefficient (Wildman–Crippen LogP) is -0.110. The highest BCUT2D eigenvalue weighted by Gasteiger charge is 1.98. The van der Waals surface area contributed by atoms with E-state index < -0.39 is 5.91 Å². The second kappa shape index (κ2) is 3.72. The van der Waals surface area contributed by atoms with Crippen LogP contribution >= 0.6 is 0 Å². The van der Waals surface area contributed by atoms with E-state index in [0.717, 1.165) is 0 Å². The Balaban J connectivity index is 4.00. The number of carbonyl (C=O) groups is 1. The minimum Gasteiger partial charge on any atom is -0.404 e. The largest absolute Gasteiger partial charge is 0.404 e. The summed E-state index contributed by atoms with van der Waals surface area (Å²) in [6.45, 7) is 3.43. The third-order valence-corrected chi connectivity index (χ3v) is 0.882. The molecule has 0 aromatic heterocycles.